The number of anilines is 2. The van der Waals surface area contributed by atoms with Gasteiger partial charge in [0.1, 0.15) is 0 Å². The van der Waals surface area contributed by atoms with Crippen molar-refractivity contribution in [2.45, 2.75) is 18.9 Å². The van der Waals surface area contributed by atoms with Gasteiger partial charge in [0.05, 0.1) is 11.3 Å². The number of nitrogens with zero attached hydrogens (tertiary/aromatic N) is 1. The van der Waals surface area contributed by atoms with Crippen molar-refractivity contribution in [3.05, 3.63) is 60.2 Å². The Hall–Kier alpha value is -2.04. The molecule has 1 unspecified atom stereocenters. The van der Waals surface area contributed by atoms with Gasteiger partial charge in [0.2, 0.25) is 0 Å². The molecule has 4 nitrogen and oxygen atoms in total. The molecular weight excluding hydrogens is 322 g/mol. The highest BCUT2D eigenvalue weighted by Gasteiger charge is 2.24. The van der Waals surface area contributed by atoms with E-state index in [0.717, 1.165) is 42.9 Å². The molecule has 0 bridgehead atoms. The van der Waals surface area contributed by atoms with Gasteiger partial charge in [-0.25, -0.2) is 0 Å². The second-order valence-corrected chi connectivity index (χ2v) is 5.92. The van der Waals surface area contributed by atoms with Crippen molar-refractivity contribution in [2.24, 2.45) is 0 Å². The van der Waals surface area contributed by atoms with Crippen LogP contribution in [0.4, 0.5) is 11.4 Å². The second-order valence-electron chi connectivity index (χ2n) is 5.92. The Kier molecular flexibility index (Phi) is 6.64. The lowest BCUT2D eigenvalue weighted by Gasteiger charge is -2.33. The van der Waals surface area contributed by atoms with Gasteiger partial charge in [0, 0.05) is 24.8 Å². The van der Waals surface area contributed by atoms with Crippen molar-refractivity contribution in [3.63, 3.8) is 0 Å². The average molecular weight is 346 g/mol. The van der Waals surface area contributed by atoms with Gasteiger partial charge in [-0.3, -0.25) is 4.79 Å². The van der Waals surface area contributed by atoms with Gasteiger partial charge in [-0.05, 0) is 44.2 Å². The minimum Gasteiger partial charge on any atom is -0.355 e. The summed E-state index contributed by atoms with van der Waals surface area (Å²) >= 11 is 0. The molecule has 3 rings (SSSR count). The topological polar surface area (TPSA) is 44.4 Å². The van der Waals surface area contributed by atoms with E-state index in [-0.39, 0.29) is 18.3 Å². The number of piperidine rings is 1. The molecule has 128 valence electrons. The van der Waals surface area contributed by atoms with E-state index in [1.807, 2.05) is 66.5 Å². The molecular formula is C19H24ClN3O. The molecule has 0 spiro atoms. The number of rotatable bonds is 4. The lowest BCUT2D eigenvalue weighted by Crippen LogP contribution is -2.47. The van der Waals surface area contributed by atoms with Crippen LogP contribution in [-0.4, -0.2) is 37.0 Å². The molecule has 0 aromatic heterocycles. The Morgan fingerprint density at radius 2 is 1.79 bits per heavy atom. The number of benzene rings is 2. The molecule has 2 aromatic rings. The Morgan fingerprint density at radius 1 is 1.08 bits per heavy atom. The third-order valence-electron chi connectivity index (χ3n) is 4.33. The third-order valence-corrected chi connectivity index (χ3v) is 4.33. The van der Waals surface area contributed by atoms with E-state index in [9.17, 15) is 4.79 Å². The number of nitrogens with one attached hydrogen (secondary N) is 2. The van der Waals surface area contributed by atoms with Crippen LogP contribution in [0.2, 0.25) is 0 Å². The monoisotopic (exact) mass is 345 g/mol. The van der Waals surface area contributed by atoms with Gasteiger partial charge in [0.25, 0.3) is 5.91 Å². The fraction of sp³-hybridized carbons (Fsp3) is 0.316. The number of para-hydroxylation sites is 2. The Balaban J connectivity index is 0.00000208. The van der Waals surface area contributed by atoms with Crippen molar-refractivity contribution in [2.75, 3.05) is 25.5 Å². The second kappa shape index (κ2) is 8.71. The summed E-state index contributed by atoms with van der Waals surface area (Å²) in [6.45, 7) is 1.60. The van der Waals surface area contributed by atoms with Crippen LogP contribution >= 0.6 is 12.4 Å². The number of carbonyl (C=O) groups is 1. The zero-order valence-corrected chi connectivity index (χ0v) is 14.7. The average Bonchev–Trinajstić information content (AvgIpc) is 2.62. The zero-order chi connectivity index (χ0) is 16.1. The summed E-state index contributed by atoms with van der Waals surface area (Å²) in [5.74, 6) is 0.101. The summed E-state index contributed by atoms with van der Waals surface area (Å²) in [5.41, 5.74) is 2.57. The van der Waals surface area contributed by atoms with E-state index in [2.05, 4.69) is 10.6 Å². The van der Waals surface area contributed by atoms with E-state index in [1.165, 1.54) is 0 Å². The number of amides is 1. The van der Waals surface area contributed by atoms with Crippen molar-refractivity contribution in [3.8, 4) is 0 Å². The van der Waals surface area contributed by atoms with Gasteiger partial charge >= 0.3 is 0 Å². The minimum absolute atomic E-state index is 0. The molecule has 0 saturated carbocycles. The van der Waals surface area contributed by atoms with Gasteiger partial charge in [0.15, 0.2) is 0 Å². The first-order valence-electron chi connectivity index (χ1n) is 8.15. The fourth-order valence-electron chi connectivity index (χ4n) is 3.02. The molecule has 1 amide bonds. The normalized spacial score (nSPS) is 17.0. The highest BCUT2D eigenvalue weighted by Crippen LogP contribution is 2.23. The molecule has 1 aliphatic heterocycles. The molecule has 1 aliphatic rings. The van der Waals surface area contributed by atoms with Crippen LogP contribution in [0.3, 0.4) is 0 Å². The summed E-state index contributed by atoms with van der Waals surface area (Å²) in [6, 6.07) is 18.1. The summed E-state index contributed by atoms with van der Waals surface area (Å²) in [5, 5.41) is 6.64. The molecule has 1 heterocycles. The molecule has 1 fully saturated rings. The van der Waals surface area contributed by atoms with Crippen LogP contribution in [0.1, 0.15) is 23.2 Å². The molecule has 24 heavy (non-hydrogen) atoms. The van der Waals surface area contributed by atoms with Crippen LogP contribution < -0.4 is 10.6 Å². The molecule has 2 N–H and O–H groups in total. The van der Waals surface area contributed by atoms with Crippen molar-refractivity contribution < 1.29 is 4.79 Å². The first-order chi connectivity index (χ1) is 11.3. The first-order valence-corrected chi connectivity index (χ1v) is 8.15. The number of likely N-dealkylation sites (tertiary alicyclic amines) is 1. The number of carbonyl (C=O) groups excluding carboxylic acids is 1. The van der Waals surface area contributed by atoms with E-state index in [1.54, 1.807) is 0 Å². The van der Waals surface area contributed by atoms with Crippen LogP contribution in [0.25, 0.3) is 0 Å². The van der Waals surface area contributed by atoms with E-state index < -0.39 is 0 Å². The van der Waals surface area contributed by atoms with Gasteiger partial charge in [-0.15, -0.1) is 12.4 Å². The first kappa shape index (κ1) is 18.3. The van der Waals surface area contributed by atoms with Gasteiger partial charge in [-0.2, -0.15) is 0 Å². The fourth-order valence-corrected chi connectivity index (χ4v) is 3.02. The Labute approximate surface area is 149 Å². The predicted octanol–water partition coefficient (Wildman–Crippen LogP) is 3.68. The lowest BCUT2D eigenvalue weighted by molar-refractivity contribution is 0.0699. The Bertz CT molecular complexity index is 663. The number of hydrogen-bond donors (Lipinski definition) is 2. The van der Waals surface area contributed by atoms with E-state index in [0.29, 0.717) is 6.04 Å². The number of hydrogen-bond acceptors (Lipinski definition) is 3. The van der Waals surface area contributed by atoms with Crippen molar-refractivity contribution in [1.82, 2.24) is 10.2 Å². The highest BCUT2D eigenvalue weighted by atomic mass is 35.5. The highest BCUT2D eigenvalue weighted by molar-refractivity contribution is 6.00. The molecule has 5 heteroatoms. The van der Waals surface area contributed by atoms with E-state index in [4.69, 9.17) is 0 Å². The number of halogens is 1. The third kappa shape index (κ3) is 4.28. The smallest absolute Gasteiger partial charge is 0.256 e. The summed E-state index contributed by atoms with van der Waals surface area (Å²) in [4.78, 5) is 14.9. The maximum atomic E-state index is 12.9. The largest absolute Gasteiger partial charge is 0.355 e. The molecule has 0 radical (unpaired) electrons. The van der Waals surface area contributed by atoms with Crippen molar-refractivity contribution >= 4 is 29.7 Å². The van der Waals surface area contributed by atoms with Crippen LogP contribution in [0.5, 0.6) is 0 Å². The SMILES string of the molecule is CNC1CCCN(C(=O)c2ccccc2Nc2ccccc2)C1.Cl. The summed E-state index contributed by atoms with van der Waals surface area (Å²) in [7, 11) is 1.96. The maximum Gasteiger partial charge on any atom is 0.256 e. The molecule has 1 saturated heterocycles. The van der Waals surface area contributed by atoms with Gasteiger partial charge < -0.3 is 15.5 Å². The lowest BCUT2D eigenvalue weighted by atomic mass is 10.0. The minimum atomic E-state index is 0. The quantitative estimate of drug-likeness (QED) is 0.888. The Morgan fingerprint density at radius 3 is 2.54 bits per heavy atom. The molecule has 1 atom stereocenters. The standard InChI is InChI=1S/C19H23N3O.ClH/c1-20-16-10-7-13-22(14-16)19(23)17-11-5-6-12-18(17)21-15-8-3-2-4-9-15;/h2-6,8-9,11-12,16,20-21H,7,10,13-14H2,1H3;1H. The van der Waals surface area contributed by atoms with Crippen LogP contribution in [0.15, 0.2) is 54.6 Å². The predicted molar refractivity (Wildman–Crippen MR) is 101 cm³/mol. The molecule has 2 aromatic carbocycles. The maximum absolute atomic E-state index is 12.9. The summed E-state index contributed by atoms with van der Waals surface area (Å²) in [6.07, 6.45) is 2.18. The van der Waals surface area contributed by atoms with Crippen LogP contribution in [-0.2, 0) is 0 Å². The summed E-state index contributed by atoms with van der Waals surface area (Å²) < 4.78 is 0. The number of likely N-dealkylation sites (N-methyl/N-ethyl adjacent to an activating group) is 1. The van der Waals surface area contributed by atoms with Crippen LogP contribution in [0, 0.1) is 0 Å². The molecule has 0 aliphatic carbocycles. The van der Waals surface area contributed by atoms with Gasteiger partial charge in [-0.1, -0.05) is 30.3 Å². The van der Waals surface area contributed by atoms with E-state index >= 15 is 0 Å². The van der Waals surface area contributed by atoms with Crippen molar-refractivity contribution in [1.29, 1.82) is 0 Å². The zero-order valence-electron chi connectivity index (χ0n) is 13.9.